The zero-order valence-electron chi connectivity index (χ0n) is 13.4. The smallest absolute Gasteiger partial charge is 0.274 e. The molecule has 0 fully saturated rings. The Morgan fingerprint density at radius 2 is 1.96 bits per heavy atom. The number of para-hydroxylation sites is 2. The monoisotopic (exact) mass is 398 g/mol. The van der Waals surface area contributed by atoms with Crippen LogP contribution in [0.15, 0.2) is 65.3 Å². The molecule has 0 aliphatic carbocycles. The summed E-state index contributed by atoms with van der Waals surface area (Å²) in [4.78, 5) is 20.9. The lowest BCUT2D eigenvalue weighted by molar-refractivity contribution is 0.102. The van der Waals surface area contributed by atoms with Gasteiger partial charge < -0.3 is 15.4 Å². The molecule has 25 heavy (non-hydrogen) atoms. The van der Waals surface area contributed by atoms with Gasteiger partial charge in [0, 0.05) is 16.4 Å². The molecule has 1 aromatic heterocycles. The predicted octanol–water partition coefficient (Wildman–Crippen LogP) is 4.24. The Kier molecular flexibility index (Phi) is 5.25. The van der Waals surface area contributed by atoms with E-state index in [1.54, 1.807) is 25.3 Å². The fourth-order valence-corrected chi connectivity index (χ4v) is 2.57. The topological polar surface area (TPSA) is 76.1 Å². The average molecular weight is 399 g/mol. The van der Waals surface area contributed by atoms with Gasteiger partial charge in [-0.15, -0.1) is 0 Å². The Morgan fingerprint density at radius 3 is 2.76 bits per heavy atom. The molecule has 7 heteroatoms. The summed E-state index contributed by atoms with van der Waals surface area (Å²) in [5, 5.41) is 5.86. The van der Waals surface area contributed by atoms with Crippen LogP contribution in [0.1, 0.15) is 10.5 Å². The highest BCUT2D eigenvalue weighted by atomic mass is 79.9. The summed E-state index contributed by atoms with van der Waals surface area (Å²) in [6.45, 7) is 0. The number of aromatic nitrogens is 2. The predicted molar refractivity (Wildman–Crippen MR) is 100 cm³/mol. The Labute approximate surface area is 153 Å². The third-order valence-corrected chi connectivity index (χ3v) is 3.82. The molecular formula is C18H15BrN4O2. The van der Waals surface area contributed by atoms with Gasteiger partial charge in [0.15, 0.2) is 0 Å². The molecule has 1 amide bonds. The molecule has 126 valence electrons. The number of nitrogens with zero attached hydrogens (tertiary/aromatic N) is 2. The number of rotatable bonds is 5. The minimum atomic E-state index is -0.343. The van der Waals surface area contributed by atoms with E-state index in [1.165, 1.54) is 6.20 Å². The molecule has 0 saturated carbocycles. The highest BCUT2D eigenvalue weighted by Crippen LogP contribution is 2.23. The normalized spacial score (nSPS) is 10.2. The van der Waals surface area contributed by atoms with E-state index in [1.807, 2.05) is 36.4 Å². The second-order valence-corrected chi connectivity index (χ2v) is 5.97. The zero-order chi connectivity index (χ0) is 17.6. The molecular weight excluding hydrogens is 384 g/mol. The maximum absolute atomic E-state index is 12.4. The minimum Gasteiger partial charge on any atom is -0.495 e. The van der Waals surface area contributed by atoms with Gasteiger partial charge in [0.05, 0.1) is 12.8 Å². The number of hydrogen-bond donors (Lipinski definition) is 2. The van der Waals surface area contributed by atoms with Crippen molar-refractivity contribution in [2.75, 3.05) is 17.7 Å². The SMILES string of the molecule is COc1ccccc1NC(=O)c1ccnc(Nc2cccc(Br)c2)n1. The second kappa shape index (κ2) is 7.76. The summed E-state index contributed by atoms with van der Waals surface area (Å²) in [6, 6.07) is 16.3. The largest absolute Gasteiger partial charge is 0.495 e. The van der Waals surface area contributed by atoms with Crippen LogP contribution in [0.4, 0.5) is 17.3 Å². The third kappa shape index (κ3) is 4.33. The quantitative estimate of drug-likeness (QED) is 0.671. The van der Waals surface area contributed by atoms with Gasteiger partial charge in [-0.25, -0.2) is 9.97 Å². The Morgan fingerprint density at radius 1 is 1.12 bits per heavy atom. The average Bonchev–Trinajstić information content (AvgIpc) is 2.62. The van der Waals surface area contributed by atoms with E-state index in [-0.39, 0.29) is 11.6 Å². The number of carbonyl (C=O) groups is 1. The molecule has 3 aromatic rings. The molecule has 2 N–H and O–H groups in total. The zero-order valence-corrected chi connectivity index (χ0v) is 14.9. The number of carbonyl (C=O) groups excluding carboxylic acids is 1. The highest BCUT2D eigenvalue weighted by molar-refractivity contribution is 9.10. The van der Waals surface area contributed by atoms with Crippen molar-refractivity contribution >= 4 is 39.2 Å². The van der Waals surface area contributed by atoms with Crippen LogP contribution in [0.2, 0.25) is 0 Å². The summed E-state index contributed by atoms with van der Waals surface area (Å²) in [6.07, 6.45) is 1.53. The summed E-state index contributed by atoms with van der Waals surface area (Å²) >= 11 is 3.41. The molecule has 0 bridgehead atoms. The van der Waals surface area contributed by atoms with Crippen molar-refractivity contribution in [3.05, 3.63) is 71.0 Å². The van der Waals surface area contributed by atoms with Gasteiger partial charge in [-0.2, -0.15) is 0 Å². The van der Waals surface area contributed by atoms with Gasteiger partial charge in [0.1, 0.15) is 11.4 Å². The third-order valence-electron chi connectivity index (χ3n) is 3.32. The molecule has 1 heterocycles. The Balaban J connectivity index is 1.77. The van der Waals surface area contributed by atoms with Crippen LogP contribution in [0.5, 0.6) is 5.75 Å². The Hall–Kier alpha value is -2.93. The molecule has 3 rings (SSSR count). The number of halogens is 1. The molecule has 0 aliphatic heterocycles. The van der Waals surface area contributed by atoms with E-state index < -0.39 is 0 Å². The van der Waals surface area contributed by atoms with Crippen LogP contribution in [-0.2, 0) is 0 Å². The van der Waals surface area contributed by atoms with E-state index in [4.69, 9.17) is 4.74 Å². The molecule has 2 aromatic carbocycles. The van der Waals surface area contributed by atoms with Crippen molar-refractivity contribution < 1.29 is 9.53 Å². The summed E-state index contributed by atoms with van der Waals surface area (Å²) in [5.41, 5.74) is 1.64. The molecule has 0 unspecified atom stereocenters. The van der Waals surface area contributed by atoms with Gasteiger partial charge in [-0.3, -0.25) is 4.79 Å². The molecule has 0 aliphatic rings. The summed E-state index contributed by atoms with van der Waals surface area (Å²) < 4.78 is 6.16. The number of methoxy groups -OCH3 is 1. The van der Waals surface area contributed by atoms with Crippen molar-refractivity contribution in [1.29, 1.82) is 0 Å². The fraction of sp³-hybridized carbons (Fsp3) is 0.0556. The van der Waals surface area contributed by atoms with E-state index in [0.29, 0.717) is 17.4 Å². The highest BCUT2D eigenvalue weighted by Gasteiger charge is 2.12. The van der Waals surface area contributed by atoms with Gasteiger partial charge in [-0.1, -0.05) is 34.1 Å². The van der Waals surface area contributed by atoms with Crippen molar-refractivity contribution in [3.8, 4) is 5.75 Å². The number of amides is 1. The first-order valence-corrected chi connectivity index (χ1v) is 8.25. The molecule has 6 nitrogen and oxygen atoms in total. The van der Waals surface area contributed by atoms with Crippen LogP contribution >= 0.6 is 15.9 Å². The first-order chi connectivity index (χ1) is 12.2. The van der Waals surface area contributed by atoms with Crippen molar-refractivity contribution in [3.63, 3.8) is 0 Å². The van der Waals surface area contributed by atoms with Crippen LogP contribution in [0, 0.1) is 0 Å². The van der Waals surface area contributed by atoms with Gasteiger partial charge >= 0.3 is 0 Å². The lowest BCUT2D eigenvalue weighted by Gasteiger charge is -2.10. The van der Waals surface area contributed by atoms with Crippen molar-refractivity contribution in [2.45, 2.75) is 0 Å². The van der Waals surface area contributed by atoms with E-state index >= 15 is 0 Å². The fourth-order valence-electron chi connectivity index (χ4n) is 2.17. The lowest BCUT2D eigenvalue weighted by atomic mass is 10.2. The van der Waals surface area contributed by atoms with Gasteiger partial charge in [0.25, 0.3) is 5.91 Å². The summed E-state index contributed by atoms with van der Waals surface area (Å²) in [7, 11) is 1.55. The minimum absolute atomic E-state index is 0.249. The first kappa shape index (κ1) is 16.9. The van der Waals surface area contributed by atoms with Crippen molar-refractivity contribution in [2.24, 2.45) is 0 Å². The van der Waals surface area contributed by atoms with E-state index in [2.05, 4.69) is 36.5 Å². The molecule has 0 saturated heterocycles. The van der Waals surface area contributed by atoms with E-state index in [0.717, 1.165) is 10.2 Å². The maximum Gasteiger partial charge on any atom is 0.274 e. The second-order valence-electron chi connectivity index (χ2n) is 5.06. The van der Waals surface area contributed by atoms with E-state index in [9.17, 15) is 4.79 Å². The number of benzene rings is 2. The molecule has 0 radical (unpaired) electrons. The number of hydrogen-bond acceptors (Lipinski definition) is 5. The Bertz CT molecular complexity index is 902. The van der Waals surface area contributed by atoms with Gasteiger partial charge in [-0.05, 0) is 36.4 Å². The van der Waals surface area contributed by atoms with Crippen molar-refractivity contribution in [1.82, 2.24) is 9.97 Å². The number of nitrogens with one attached hydrogen (secondary N) is 2. The molecule has 0 atom stereocenters. The maximum atomic E-state index is 12.4. The van der Waals surface area contributed by atoms with Gasteiger partial charge in [0.2, 0.25) is 5.95 Å². The van der Waals surface area contributed by atoms with Crippen LogP contribution in [-0.4, -0.2) is 23.0 Å². The van der Waals surface area contributed by atoms with Crippen LogP contribution in [0.3, 0.4) is 0 Å². The molecule has 0 spiro atoms. The lowest BCUT2D eigenvalue weighted by Crippen LogP contribution is -2.15. The summed E-state index contributed by atoms with van der Waals surface area (Å²) in [5.74, 6) is 0.576. The number of ether oxygens (including phenoxy) is 1. The first-order valence-electron chi connectivity index (χ1n) is 7.46. The van der Waals surface area contributed by atoms with Crippen LogP contribution in [0.25, 0.3) is 0 Å². The van der Waals surface area contributed by atoms with Crippen LogP contribution < -0.4 is 15.4 Å². The standard InChI is InChI=1S/C18H15BrN4O2/c1-25-16-8-3-2-7-14(16)22-17(24)15-9-10-20-18(23-15)21-13-6-4-5-12(19)11-13/h2-11H,1H3,(H,22,24)(H,20,21,23). The number of anilines is 3.